The highest BCUT2D eigenvalue weighted by Gasteiger charge is 2.17. The number of hydrogen-bond acceptors (Lipinski definition) is 3. The van der Waals surface area contributed by atoms with Crippen molar-refractivity contribution < 1.29 is 13.5 Å². The van der Waals surface area contributed by atoms with Crippen molar-refractivity contribution in [3.8, 4) is 5.75 Å². The molecule has 6 heteroatoms. The van der Waals surface area contributed by atoms with Gasteiger partial charge in [0.15, 0.2) is 0 Å². The van der Waals surface area contributed by atoms with Crippen LogP contribution in [0.4, 0.5) is 14.5 Å². The van der Waals surface area contributed by atoms with E-state index in [1.165, 1.54) is 31.4 Å². The number of ether oxygens (including phenoxy) is 1. The van der Waals surface area contributed by atoms with Crippen molar-refractivity contribution in [2.24, 2.45) is 5.73 Å². The number of nitrogens with two attached hydrogens (primary N) is 1. The van der Waals surface area contributed by atoms with Gasteiger partial charge in [0.25, 0.3) is 0 Å². The summed E-state index contributed by atoms with van der Waals surface area (Å²) in [5, 5.41) is 2.88. The maximum absolute atomic E-state index is 14.0. The van der Waals surface area contributed by atoms with Crippen LogP contribution in [-0.4, -0.2) is 13.7 Å². The summed E-state index contributed by atoms with van der Waals surface area (Å²) in [4.78, 5) is 0. The summed E-state index contributed by atoms with van der Waals surface area (Å²) in [7, 11) is 1.48. The van der Waals surface area contributed by atoms with Gasteiger partial charge in [0, 0.05) is 18.2 Å². The minimum absolute atomic E-state index is 0.00105. The van der Waals surface area contributed by atoms with Gasteiger partial charge >= 0.3 is 0 Å². The molecule has 0 saturated carbocycles. The van der Waals surface area contributed by atoms with Gasteiger partial charge < -0.3 is 15.8 Å². The van der Waals surface area contributed by atoms with Gasteiger partial charge in [-0.05, 0) is 18.2 Å². The molecule has 0 bridgehead atoms. The van der Waals surface area contributed by atoms with E-state index in [1.54, 1.807) is 12.1 Å². The Balaban J connectivity index is 2.33. The van der Waals surface area contributed by atoms with Crippen LogP contribution in [0.2, 0.25) is 5.02 Å². The smallest absolute Gasteiger partial charge is 0.147 e. The monoisotopic (exact) mass is 312 g/mol. The van der Waals surface area contributed by atoms with Gasteiger partial charge in [0.05, 0.1) is 23.9 Å². The quantitative estimate of drug-likeness (QED) is 0.884. The zero-order valence-electron chi connectivity index (χ0n) is 11.4. The Kier molecular flexibility index (Phi) is 4.98. The molecule has 0 aliphatic rings. The van der Waals surface area contributed by atoms with Gasteiger partial charge in [-0.3, -0.25) is 0 Å². The second-order valence-corrected chi connectivity index (χ2v) is 4.83. The largest absolute Gasteiger partial charge is 0.497 e. The van der Waals surface area contributed by atoms with E-state index in [2.05, 4.69) is 5.32 Å². The second kappa shape index (κ2) is 6.74. The Hall–Kier alpha value is -1.85. The topological polar surface area (TPSA) is 47.3 Å². The molecule has 2 rings (SSSR count). The summed E-state index contributed by atoms with van der Waals surface area (Å²) in [6.07, 6.45) is 0. The van der Waals surface area contributed by atoms with Gasteiger partial charge in [0.1, 0.15) is 17.4 Å². The van der Waals surface area contributed by atoms with Gasteiger partial charge in [-0.2, -0.15) is 0 Å². The van der Waals surface area contributed by atoms with E-state index in [4.69, 9.17) is 22.1 Å². The third-order valence-corrected chi connectivity index (χ3v) is 3.39. The van der Waals surface area contributed by atoms with E-state index in [-0.39, 0.29) is 22.8 Å². The van der Waals surface area contributed by atoms with Crippen molar-refractivity contribution >= 4 is 17.3 Å². The molecule has 0 spiro atoms. The average molecular weight is 313 g/mol. The van der Waals surface area contributed by atoms with Crippen LogP contribution in [0, 0.1) is 11.6 Å². The van der Waals surface area contributed by atoms with Crippen LogP contribution >= 0.6 is 11.6 Å². The zero-order valence-corrected chi connectivity index (χ0v) is 12.1. The highest BCUT2D eigenvalue weighted by molar-refractivity contribution is 6.30. The first-order valence-corrected chi connectivity index (χ1v) is 6.68. The van der Waals surface area contributed by atoms with E-state index in [0.717, 1.165) is 0 Å². The van der Waals surface area contributed by atoms with Crippen molar-refractivity contribution in [3.05, 3.63) is 58.6 Å². The fraction of sp³-hybridized carbons (Fsp3) is 0.200. The lowest BCUT2D eigenvalue weighted by atomic mass is 10.1. The highest BCUT2D eigenvalue weighted by atomic mass is 35.5. The molecule has 0 heterocycles. The Morgan fingerprint density at radius 1 is 1.29 bits per heavy atom. The molecular formula is C15H15ClF2N2O. The van der Waals surface area contributed by atoms with Gasteiger partial charge in [-0.15, -0.1) is 0 Å². The van der Waals surface area contributed by atoms with Crippen molar-refractivity contribution in [2.45, 2.75) is 6.04 Å². The van der Waals surface area contributed by atoms with Crippen LogP contribution < -0.4 is 15.8 Å². The molecule has 0 aliphatic carbocycles. The number of rotatable bonds is 5. The van der Waals surface area contributed by atoms with E-state index in [9.17, 15) is 8.78 Å². The van der Waals surface area contributed by atoms with E-state index in [1.807, 2.05) is 0 Å². The Morgan fingerprint density at radius 2 is 2.05 bits per heavy atom. The van der Waals surface area contributed by atoms with Crippen molar-refractivity contribution in [1.82, 2.24) is 0 Å². The number of hydrogen-bond donors (Lipinski definition) is 2. The van der Waals surface area contributed by atoms with E-state index >= 15 is 0 Å². The highest BCUT2D eigenvalue weighted by Crippen LogP contribution is 2.28. The Labute approximate surface area is 126 Å². The molecule has 3 nitrogen and oxygen atoms in total. The average Bonchev–Trinajstić information content (AvgIpc) is 2.49. The predicted molar refractivity (Wildman–Crippen MR) is 79.8 cm³/mol. The normalized spacial score (nSPS) is 12.0. The summed E-state index contributed by atoms with van der Waals surface area (Å²) in [5.41, 5.74) is 6.14. The molecule has 0 saturated heterocycles. The lowest BCUT2D eigenvalue weighted by Crippen LogP contribution is -2.22. The van der Waals surface area contributed by atoms with Crippen LogP contribution in [-0.2, 0) is 0 Å². The number of methoxy groups -OCH3 is 1. The molecule has 1 atom stereocenters. The summed E-state index contributed by atoms with van der Waals surface area (Å²) in [6.45, 7) is 0.0773. The van der Waals surface area contributed by atoms with Crippen molar-refractivity contribution in [2.75, 3.05) is 19.0 Å². The summed E-state index contributed by atoms with van der Waals surface area (Å²) < 4.78 is 32.9. The molecule has 112 valence electrons. The van der Waals surface area contributed by atoms with Crippen LogP contribution in [0.25, 0.3) is 0 Å². The molecule has 0 amide bonds. The van der Waals surface area contributed by atoms with Gasteiger partial charge in [-0.1, -0.05) is 23.7 Å². The molecular weight excluding hydrogens is 298 g/mol. The molecule has 0 aromatic heterocycles. The fourth-order valence-electron chi connectivity index (χ4n) is 1.98. The predicted octanol–water partition coefficient (Wildman–Crippen LogP) is 3.74. The molecule has 2 aromatic rings. The molecule has 21 heavy (non-hydrogen) atoms. The van der Waals surface area contributed by atoms with Crippen molar-refractivity contribution in [3.63, 3.8) is 0 Å². The van der Waals surface area contributed by atoms with Crippen LogP contribution in [0.1, 0.15) is 11.6 Å². The minimum Gasteiger partial charge on any atom is -0.497 e. The van der Waals surface area contributed by atoms with Gasteiger partial charge in [-0.25, -0.2) is 8.78 Å². The molecule has 3 N–H and O–H groups in total. The number of benzene rings is 2. The SMILES string of the molecule is COc1ccc(F)c(NC(CN)c2cccc(Cl)c2F)c1. The number of anilines is 1. The van der Waals surface area contributed by atoms with Crippen molar-refractivity contribution in [1.29, 1.82) is 0 Å². The first-order valence-electron chi connectivity index (χ1n) is 6.31. The maximum Gasteiger partial charge on any atom is 0.147 e. The molecule has 0 aliphatic heterocycles. The maximum atomic E-state index is 14.0. The summed E-state index contributed by atoms with van der Waals surface area (Å²) in [6, 6.07) is 8.27. The number of nitrogens with one attached hydrogen (secondary N) is 1. The van der Waals surface area contributed by atoms with Crippen LogP contribution in [0.5, 0.6) is 5.75 Å². The summed E-state index contributed by atoms with van der Waals surface area (Å²) in [5.74, 6) is -0.552. The minimum atomic E-state index is -0.606. The zero-order chi connectivity index (χ0) is 15.4. The third kappa shape index (κ3) is 3.43. The molecule has 0 fully saturated rings. The molecule has 2 aromatic carbocycles. The molecule has 0 radical (unpaired) electrons. The van der Waals surface area contributed by atoms with E-state index < -0.39 is 17.7 Å². The van der Waals surface area contributed by atoms with Crippen LogP contribution in [0.3, 0.4) is 0 Å². The third-order valence-electron chi connectivity index (χ3n) is 3.10. The number of halogens is 3. The first kappa shape index (κ1) is 15.5. The van der Waals surface area contributed by atoms with Gasteiger partial charge in [0.2, 0.25) is 0 Å². The summed E-state index contributed by atoms with van der Waals surface area (Å²) >= 11 is 5.76. The first-order chi connectivity index (χ1) is 10.1. The Bertz CT molecular complexity index is 637. The molecule has 1 unspecified atom stereocenters. The van der Waals surface area contributed by atoms with Crippen LogP contribution in [0.15, 0.2) is 36.4 Å². The second-order valence-electron chi connectivity index (χ2n) is 4.42. The fourth-order valence-corrected chi connectivity index (χ4v) is 2.16. The Morgan fingerprint density at radius 3 is 2.71 bits per heavy atom. The standard InChI is InChI=1S/C15H15ClF2N2O/c1-21-9-5-6-12(17)13(7-9)20-14(8-19)10-3-2-4-11(16)15(10)18/h2-7,14,20H,8,19H2,1H3. The lowest BCUT2D eigenvalue weighted by molar-refractivity contribution is 0.414. The van der Waals surface area contributed by atoms with E-state index in [0.29, 0.717) is 5.75 Å². The lowest BCUT2D eigenvalue weighted by Gasteiger charge is -2.20.